The Bertz CT molecular complexity index is 394. The van der Waals surface area contributed by atoms with Crippen LogP contribution in [0.4, 0.5) is 0 Å². The van der Waals surface area contributed by atoms with Gasteiger partial charge in [0.05, 0.1) is 0 Å². The molecule has 0 unspecified atom stereocenters. The minimum atomic E-state index is -1.22. The van der Waals surface area contributed by atoms with Gasteiger partial charge < -0.3 is 38.9 Å². The molecule has 2 atom stereocenters. The molecule has 0 aromatic heterocycles. The van der Waals surface area contributed by atoms with Gasteiger partial charge in [0.15, 0.2) is 0 Å². The number of nitrogens with one attached hydrogen (secondary N) is 2. The number of carboxylic acid groups (broad SMARTS) is 2. The molecule has 0 bridgehead atoms. The standard InChI is InChI=1S/C10H17N3O6S.2H3N/c11-5(10(18)19)1-2-7(14)13-6(4-20)9(17)12-3-8(15)16;;/h5-6,20H,1-4,11H2,(H,12,17)(H,13,14)(H,15,16)(H,18,19);2*1H3/t5-,6-;;/m0../s1. The van der Waals surface area contributed by atoms with Crippen LogP contribution in [-0.4, -0.2) is 58.3 Å². The molecule has 0 spiro atoms. The minimum absolute atomic E-state index is 0. The monoisotopic (exact) mass is 341 g/mol. The zero-order valence-electron chi connectivity index (χ0n) is 11.9. The van der Waals surface area contributed by atoms with Crippen LogP contribution < -0.4 is 28.7 Å². The fraction of sp³-hybridized carbons (Fsp3) is 0.600. The van der Waals surface area contributed by atoms with Crippen molar-refractivity contribution >= 4 is 36.4 Å². The second-order valence-corrected chi connectivity index (χ2v) is 4.26. The van der Waals surface area contributed by atoms with E-state index >= 15 is 0 Å². The molecule has 0 fully saturated rings. The lowest BCUT2D eigenvalue weighted by Crippen LogP contribution is -2.49. The average Bonchev–Trinajstić information content (AvgIpc) is 2.38. The maximum atomic E-state index is 11.5. The smallest absolute Gasteiger partial charge is 0.322 e. The van der Waals surface area contributed by atoms with Crippen LogP contribution in [0.15, 0.2) is 0 Å². The number of nitrogens with two attached hydrogens (primary N) is 1. The lowest BCUT2D eigenvalue weighted by molar-refractivity contribution is -0.139. The number of carboxylic acids is 2. The minimum Gasteiger partial charge on any atom is -0.480 e. The Hall–Kier alpha value is -1.89. The molecule has 11 nitrogen and oxygen atoms in total. The highest BCUT2D eigenvalue weighted by atomic mass is 32.1. The number of aliphatic carboxylic acids is 2. The number of amides is 2. The Balaban J connectivity index is -0.00000180. The predicted octanol–water partition coefficient (Wildman–Crippen LogP) is -1.88. The molecule has 0 aromatic carbocycles. The van der Waals surface area contributed by atoms with Crippen LogP contribution in [0.25, 0.3) is 0 Å². The van der Waals surface area contributed by atoms with Crippen molar-refractivity contribution in [2.75, 3.05) is 12.3 Å². The Morgan fingerprint density at radius 1 is 1.14 bits per heavy atom. The molecule has 0 aromatic rings. The molecule has 2 amide bonds. The normalized spacial score (nSPS) is 11.9. The molecule has 12 N–H and O–H groups in total. The summed E-state index contributed by atoms with van der Waals surface area (Å²) in [5.74, 6) is -3.70. The van der Waals surface area contributed by atoms with Gasteiger partial charge >= 0.3 is 11.9 Å². The molecule has 130 valence electrons. The van der Waals surface area contributed by atoms with E-state index in [2.05, 4.69) is 23.3 Å². The van der Waals surface area contributed by atoms with Gasteiger partial charge in [-0.25, -0.2) is 0 Å². The van der Waals surface area contributed by atoms with Crippen molar-refractivity contribution in [2.24, 2.45) is 5.73 Å². The quantitative estimate of drug-likeness (QED) is 0.219. The number of hydrogen-bond donors (Lipinski definition) is 8. The molecular weight excluding hydrogens is 318 g/mol. The van der Waals surface area contributed by atoms with Gasteiger partial charge in [-0.2, -0.15) is 12.6 Å². The Kier molecular flexibility index (Phi) is 14.6. The molecule has 0 rings (SSSR count). The molecule has 0 aliphatic carbocycles. The summed E-state index contributed by atoms with van der Waals surface area (Å²) in [5, 5.41) is 21.4. The first-order valence-electron chi connectivity index (χ1n) is 5.66. The van der Waals surface area contributed by atoms with Crippen molar-refractivity contribution in [1.82, 2.24) is 22.9 Å². The van der Waals surface area contributed by atoms with Gasteiger partial charge in [-0.3, -0.25) is 19.2 Å². The van der Waals surface area contributed by atoms with E-state index in [4.69, 9.17) is 15.9 Å². The second-order valence-electron chi connectivity index (χ2n) is 3.90. The highest BCUT2D eigenvalue weighted by Crippen LogP contribution is 1.97. The maximum absolute atomic E-state index is 11.5. The number of carbonyl (C=O) groups is 4. The van der Waals surface area contributed by atoms with E-state index in [0.29, 0.717) is 0 Å². The summed E-state index contributed by atoms with van der Waals surface area (Å²) < 4.78 is 0. The zero-order valence-corrected chi connectivity index (χ0v) is 12.8. The van der Waals surface area contributed by atoms with Gasteiger partial charge in [0.2, 0.25) is 11.8 Å². The summed E-state index contributed by atoms with van der Waals surface area (Å²) in [7, 11) is 0. The molecular formula is C10H23N5O6S. The molecule has 0 saturated carbocycles. The van der Waals surface area contributed by atoms with Crippen LogP contribution in [-0.2, 0) is 19.2 Å². The Morgan fingerprint density at radius 2 is 1.68 bits per heavy atom. The second kappa shape index (κ2) is 12.8. The van der Waals surface area contributed by atoms with E-state index < -0.39 is 42.4 Å². The summed E-state index contributed by atoms with van der Waals surface area (Å²) in [6.45, 7) is -0.567. The van der Waals surface area contributed by atoms with E-state index in [0.717, 1.165) is 0 Å². The summed E-state index contributed by atoms with van der Waals surface area (Å²) in [6, 6.07) is -2.15. The van der Waals surface area contributed by atoms with Crippen molar-refractivity contribution in [3.63, 3.8) is 0 Å². The topological polar surface area (TPSA) is 229 Å². The summed E-state index contributed by atoms with van der Waals surface area (Å²) >= 11 is 3.87. The number of rotatable bonds is 9. The fourth-order valence-corrected chi connectivity index (χ4v) is 1.41. The van der Waals surface area contributed by atoms with Gasteiger partial charge in [0, 0.05) is 12.2 Å². The van der Waals surface area contributed by atoms with Crippen molar-refractivity contribution in [1.29, 1.82) is 0 Å². The van der Waals surface area contributed by atoms with E-state index in [-0.39, 0.29) is 30.9 Å². The van der Waals surface area contributed by atoms with Crippen molar-refractivity contribution in [3.8, 4) is 0 Å². The number of carbonyl (C=O) groups excluding carboxylic acids is 2. The molecule has 0 aliphatic rings. The number of hydrogen-bond acceptors (Lipinski definition) is 8. The molecule has 0 radical (unpaired) electrons. The van der Waals surface area contributed by atoms with E-state index in [1.165, 1.54) is 0 Å². The van der Waals surface area contributed by atoms with E-state index in [1.54, 1.807) is 0 Å². The van der Waals surface area contributed by atoms with Crippen molar-refractivity contribution in [3.05, 3.63) is 0 Å². The third-order valence-electron chi connectivity index (χ3n) is 2.25. The fourth-order valence-electron chi connectivity index (χ4n) is 1.16. The summed E-state index contributed by atoms with van der Waals surface area (Å²) in [4.78, 5) is 43.7. The first kappa shape index (κ1) is 25.1. The highest BCUT2D eigenvalue weighted by molar-refractivity contribution is 7.80. The predicted molar refractivity (Wildman–Crippen MR) is 81.3 cm³/mol. The average molecular weight is 341 g/mol. The van der Waals surface area contributed by atoms with Gasteiger partial charge in [-0.05, 0) is 6.42 Å². The molecule has 0 saturated heterocycles. The first-order valence-corrected chi connectivity index (χ1v) is 6.29. The highest BCUT2D eigenvalue weighted by Gasteiger charge is 2.20. The Morgan fingerprint density at radius 3 is 2.09 bits per heavy atom. The molecule has 22 heavy (non-hydrogen) atoms. The summed E-state index contributed by atoms with van der Waals surface area (Å²) in [5.41, 5.74) is 5.23. The summed E-state index contributed by atoms with van der Waals surface area (Å²) in [6.07, 6.45) is -0.235. The van der Waals surface area contributed by atoms with Crippen LogP contribution in [0.2, 0.25) is 0 Å². The van der Waals surface area contributed by atoms with Crippen LogP contribution >= 0.6 is 12.6 Å². The lowest BCUT2D eigenvalue weighted by Gasteiger charge is -2.16. The van der Waals surface area contributed by atoms with Crippen molar-refractivity contribution < 1.29 is 29.4 Å². The molecule has 0 heterocycles. The van der Waals surface area contributed by atoms with E-state index in [1.807, 2.05) is 0 Å². The lowest BCUT2D eigenvalue weighted by atomic mass is 10.1. The van der Waals surface area contributed by atoms with E-state index in [9.17, 15) is 19.2 Å². The van der Waals surface area contributed by atoms with Crippen LogP contribution in [0.5, 0.6) is 0 Å². The number of thiol groups is 1. The van der Waals surface area contributed by atoms with Gasteiger partial charge in [-0.15, -0.1) is 0 Å². The van der Waals surface area contributed by atoms with Crippen LogP contribution in [0.1, 0.15) is 12.8 Å². The van der Waals surface area contributed by atoms with Gasteiger partial charge in [0.1, 0.15) is 18.6 Å². The molecule has 12 heteroatoms. The van der Waals surface area contributed by atoms with Crippen LogP contribution in [0.3, 0.4) is 0 Å². The van der Waals surface area contributed by atoms with Crippen molar-refractivity contribution in [2.45, 2.75) is 24.9 Å². The first-order chi connectivity index (χ1) is 9.27. The Labute approximate surface area is 132 Å². The third kappa shape index (κ3) is 10.8. The SMILES string of the molecule is N.N.N[C@@H](CCC(=O)N[C@@H](CS)C(=O)NCC(=O)O)C(=O)O. The zero-order chi connectivity index (χ0) is 15.7. The van der Waals surface area contributed by atoms with Gasteiger partial charge in [0.25, 0.3) is 0 Å². The molecule has 0 aliphatic heterocycles. The largest absolute Gasteiger partial charge is 0.480 e. The van der Waals surface area contributed by atoms with Gasteiger partial charge in [-0.1, -0.05) is 0 Å². The maximum Gasteiger partial charge on any atom is 0.322 e. The third-order valence-corrected chi connectivity index (χ3v) is 2.61. The van der Waals surface area contributed by atoms with Crippen LogP contribution in [0, 0.1) is 0 Å².